The Hall–Kier alpha value is -0.880. The Morgan fingerprint density at radius 2 is 1.64 bits per heavy atom. The predicted molar refractivity (Wildman–Crippen MR) is 51.1 cm³/mol. The number of carbonyl (C=O) groups excluding carboxylic acids is 1. The summed E-state index contributed by atoms with van der Waals surface area (Å²) in [7, 11) is -3.45. The molecular formula is C8H14O5S. The van der Waals surface area contributed by atoms with E-state index in [1.807, 2.05) is 0 Å². The zero-order chi connectivity index (χ0) is 11.2. The van der Waals surface area contributed by atoms with E-state index in [9.17, 15) is 13.2 Å². The number of carbonyl (C=O) groups is 1. The van der Waals surface area contributed by atoms with Crippen LogP contribution in [0.4, 0.5) is 0 Å². The lowest BCUT2D eigenvalue weighted by molar-refractivity contribution is -0.130. The van der Waals surface area contributed by atoms with Crippen molar-refractivity contribution in [3.8, 4) is 0 Å². The molecule has 0 amide bonds. The van der Waals surface area contributed by atoms with Crippen LogP contribution in [-0.4, -0.2) is 33.4 Å². The van der Waals surface area contributed by atoms with Gasteiger partial charge in [0, 0.05) is 0 Å². The van der Waals surface area contributed by atoms with Gasteiger partial charge in [-0.3, -0.25) is 8.98 Å². The molecule has 0 saturated heterocycles. The monoisotopic (exact) mass is 222 g/mol. The maximum atomic E-state index is 10.7. The molecule has 0 aromatic carbocycles. The van der Waals surface area contributed by atoms with Crippen LogP contribution in [0.5, 0.6) is 0 Å². The van der Waals surface area contributed by atoms with E-state index in [0.29, 0.717) is 6.47 Å². The van der Waals surface area contributed by atoms with Crippen molar-refractivity contribution in [1.82, 2.24) is 0 Å². The van der Waals surface area contributed by atoms with Crippen molar-refractivity contribution in [2.45, 2.75) is 26.1 Å². The van der Waals surface area contributed by atoms with Gasteiger partial charge in [-0.2, -0.15) is 8.42 Å². The van der Waals surface area contributed by atoms with E-state index >= 15 is 0 Å². The lowest BCUT2D eigenvalue weighted by atomic mass is 10.3. The van der Waals surface area contributed by atoms with E-state index in [2.05, 4.69) is 8.92 Å². The van der Waals surface area contributed by atoms with Crippen molar-refractivity contribution < 1.29 is 22.1 Å². The van der Waals surface area contributed by atoms with Crippen molar-refractivity contribution in [3.63, 3.8) is 0 Å². The molecule has 0 aliphatic carbocycles. The Labute approximate surface area is 83.8 Å². The Balaban J connectivity index is 4.05. The van der Waals surface area contributed by atoms with E-state index < -0.39 is 22.3 Å². The molecule has 0 heterocycles. The van der Waals surface area contributed by atoms with Gasteiger partial charge in [0.1, 0.15) is 6.10 Å². The van der Waals surface area contributed by atoms with Gasteiger partial charge in [-0.15, -0.1) is 0 Å². The van der Waals surface area contributed by atoms with Crippen molar-refractivity contribution in [3.05, 3.63) is 12.2 Å². The van der Waals surface area contributed by atoms with Gasteiger partial charge >= 0.3 is 0 Å². The minimum atomic E-state index is -3.45. The summed E-state index contributed by atoms with van der Waals surface area (Å²) in [5.74, 6) is 0. The standard InChI is InChI=1S/C8H14O5S/c1-7(12-6-9)4-5-8(2)13-14(3,10)11/h4-8H,1-3H3/b5-4+. The largest absolute Gasteiger partial charge is 0.461 e. The highest BCUT2D eigenvalue weighted by atomic mass is 32.2. The van der Waals surface area contributed by atoms with E-state index in [0.717, 1.165) is 6.26 Å². The first-order valence-electron chi connectivity index (χ1n) is 4.01. The maximum Gasteiger partial charge on any atom is 0.293 e. The molecule has 2 atom stereocenters. The molecule has 0 aromatic rings. The smallest absolute Gasteiger partial charge is 0.293 e. The Bertz CT molecular complexity index is 293. The molecule has 0 bridgehead atoms. The zero-order valence-electron chi connectivity index (χ0n) is 8.34. The molecule has 82 valence electrons. The molecule has 2 unspecified atom stereocenters. The molecular weight excluding hydrogens is 208 g/mol. The van der Waals surface area contributed by atoms with Gasteiger partial charge in [0.05, 0.1) is 12.4 Å². The summed E-state index contributed by atoms with van der Waals surface area (Å²) >= 11 is 0. The summed E-state index contributed by atoms with van der Waals surface area (Å²) in [4.78, 5) is 9.91. The average molecular weight is 222 g/mol. The van der Waals surface area contributed by atoms with Gasteiger partial charge in [-0.1, -0.05) is 6.08 Å². The normalized spacial score (nSPS) is 16.5. The van der Waals surface area contributed by atoms with Crippen LogP contribution in [0.1, 0.15) is 13.8 Å². The lowest BCUT2D eigenvalue weighted by Crippen LogP contribution is -2.12. The van der Waals surface area contributed by atoms with E-state index in [1.165, 1.54) is 6.08 Å². The molecule has 0 aliphatic rings. The number of hydrogen-bond acceptors (Lipinski definition) is 5. The van der Waals surface area contributed by atoms with E-state index in [-0.39, 0.29) is 0 Å². The predicted octanol–water partition coefficient (Wildman–Crippen LogP) is 0.469. The summed E-state index contributed by atoms with van der Waals surface area (Å²) in [6, 6.07) is 0. The third kappa shape index (κ3) is 7.75. The second-order valence-electron chi connectivity index (χ2n) is 2.83. The molecule has 0 fully saturated rings. The van der Waals surface area contributed by atoms with Crippen LogP contribution in [-0.2, 0) is 23.8 Å². The number of ether oxygens (including phenoxy) is 1. The van der Waals surface area contributed by atoms with Crippen LogP contribution in [0, 0.1) is 0 Å². The fourth-order valence-electron chi connectivity index (χ4n) is 0.754. The van der Waals surface area contributed by atoms with Crippen LogP contribution in [0.15, 0.2) is 12.2 Å². The summed E-state index contributed by atoms with van der Waals surface area (Å²) in [5.41, 5.74) is 0. The summed E-state index contributed by atoms with van der Waals surface area (Å²) < 4.78 is 30.5. The molecule has 0 spiro atoms. The minimum absolute atomic E-state index is 0.330. The van der Waals surface area contributed by atoms with Gasteiger partial charge < -0.3 is 4.74 Å². The second kappa shape index (κ2) is 5.77. The highest BCUT2D eigenvalue weighted by Gasteiger charge is 2.07. The Kier molecular flexibility index (Phi) is 5.40. The van der Waals surface area contributed by atoms with Gasteiger partial charge in [0.2, 0.25) is 0 Å². The topological polar surface area (TPSA) is 69.7 Å². The fourth-order valence-corrected chi connectivity index (χ4v) is 1.37. The SMILES string of the molecule is CC(/C=C/C(C)OS(C)(=O)=O)OC=O. The molecule has 0 N–H and O–H groups in total. The molecule has 0 rings (SSSR count). The van der Waals surface area contributed by atoms with Crippen LogP contribution < -0.4 is 0 Å². The first-order chi connectivity index (χ1) is 6.35. The lowest BCUT2D eigenvalue weighted by Gasteiger charge is -2.07. The van der Waals surface area contributed by atoms with Gasteiger partial charge in [-0.25, -0.2) is 0 Å². The maximum absolute atomic E-state index is 10.7. The highest BCUT2D eigenvalue weighted by molar-refractivity contribution is 7.86. The summed E-state index contributed by atoms with van der Waals surface area (Å²) in [5, 5.41) is 0. The van der Waals surface area contributed by atoms with E-state index in [1.54, 1.807) is 19.9 Å². The molecule has 0 aliphatic heterocycles. The van der Waals surface area contributed by atoms with Gasteiger partial charge in [0.25, 0.3) is 16.6 Å². The van der Waals surface area contributed by atoms with Crippen LogP contribution in [0.25, 0.3) is 0 Å². The van der Waals surface area contributed by atoms with Crippen molar-refractivity contribution >= 4 is 16.6 Å². The highest BCUT2D eigenvalue weighted by Crippen LogP contribution is 2.00. The van der Waals surface area contributed by atoms with Crippen LogP contribution in [0.3, 0.4) is 0 Å². The minimum Gasteiger partial charge on any atom is -0.461 e. The first kappa shape index (κ1) is 13.1. The molecule has 0 radical (unpaired) electrons. The third-order valence-corrected chi connectivity index (χ3v) is 1.90. The first-order valence-corrected chi connectivity index (χ1v) is 5.82. The van der Waals surface area contributed by atoms with Crippen LogP contribution in [0.2, 0.25) is 0 Å². The number of rotatable bonds is 6. The zero-order valence-corrected chi connectivity index (χ0v) is 9.15. The molecule has 14 heavy (non-hydrogen) atoms. The van der Waals surface area contributed by atoms with E-state index in [4.69, 9.17) is 0 Å². The molecule has 6 heteroatoms. The average Bonchev–Trinajstić information content (AvgIpc) is 1.98. The van der Waals surface area contributed by atoms with Gasteiger partial charge in [-0.05, 0) is 19.9 Å². The third-order valence-electron chi connectivity index (χ3n) is 1.25. The van der Waals surface area contributed by atoms with Crippen LogP contribution >= 0.6 is 0 Å². The van der Waals surface area contributed by atoms with Gasteiger partial charge in [0.15, 0.2) is 0 Å². The van der Waals surface area contributed by atoms with Crippen molar-refractivity contribution in [2.75, 3.05) is 6.26 Å². The molecule has 0 aromatic heterocycles. The summed E-state index contributed by atoms with van der Waals surface area (Å²) in [6.45, 7) is 3.56. The Morgan fingerprint density at radius 1 is 1.14 bits per heavy atom. The fraction of sp³-hybridized carbons (Fsp3) is 0.625. The quantitative estimate of drug-likeness (QED) is 0.371. The molecule has 0 saturated carbocycles. The Morgan fingerprint density at radius 3 is 2.07 bits per heavy atom. The second-order valence-corrected chi connectivity index (χ2v) is 4.43. The van der Waals surface area contributed by atoms with Crippen molar-refractivity contribution in [2.24, 2.45) is 0 Å². The number of hydrogen-bond donors (Lipinski definition) is 0. The summed E-state index contributed by atoms with van der Waals surface area (Å²) in [6.07, 6.45) is 3.07. The molecule has 5 nitrogen and oxygen atoms in total. The van der Waals surface area contributed by atoms with Crippen molar-refractivity contribution in [1.29, 1.82) is 0 Å².